The molecule has 0 aliphatic carbocycles. The maximum absolute atomic E-state index is 13.7. The Balaban J connectivity index is 1.40. The smallest absolute Gasteiger partial charge is 0.272 e. The standard InChI is InChI=1S/C38H32ClN3O4S/c1-25-31(39)20-12-21-32(25)41-38(45)35(26-13-5-3-6-14-26)47-30-19-11-18-29(24-30)40-37(44)33(23-28-17-9-10-22-34(28)46-2)42-36(43)27-15-7-4-8-16-27/h3-24,35H,1-2H3,(H,40,44)(H,41,45)(H,42,43)/b33-23+. The van der Waals surface area contributed by atoms with E-state index in [0.717, 1.165) is 16.0 Å². The van der Waals surface area contributed by atoms with Crippen LogP contribution >= 0.6 is 23.4 Å². The van der Waals surface area contributed by atoms with Crippen molar-refractivity contribution in [1.29, 1.82) is 0 Å². The summed E-state index contributed by atoms with van der Waals surface area (Å²) in [5.74, 6) is -0.635. The summed E-state index contributed by atoms with van der Waals surface area (Å²) in [6.07, 6.45) is 1.57. The summed E-state index contributed by atoms with van der Waals surface area (Å²) < 4.78 is 5.46. The molecule has 0 bridgehead atoms. The monoisotopic (exact) mass is 661 g/mol. The molecule has 5 aromatic carbocycles. The van der Waals surface area contributed by atoms with Gasteiger partial charge in [-0.15, -0.1) is 11.8 Å². The Morgan fingerprint density at radius 3 is 2.21 bits per heavy atom. The molecule has 5 aromatic rings. The molecule has 0 saturated heterocycles. The number of carbonyl (C=O) groups excluding carboxylic acids is 3. The topological polar surface area (TPSA) is 96.5 Å². The third kappa shape index (κ3) is 8.70. The summed E-state index contributed by atoms with van der Waals surface area (Å²) in [4.78, 5) is 41.2. The van der Waals surface area contributed by atoms with Gasteiger partial charge in [-0.2, -0.15) is 0 Å². The highest BCUT2D eigenvalue weighted by Crippen LogP contribution is 2.38. The maximum Gasteiger partial charge on any atom is 0.272 e. The Morgan fingerprint density at radius 2 is 1.47 bits per heavy atom. The predicted octanol–water partition coefficient (Wildman–Crippen LogP) is 8.54. The molecule has 0 aliphatic heterocycles. The lowest BCUT2D eigenvalue weighted by atomic mass is 10.1. The molecule has 1 atom stereocenters. The van der Waals surface area contributed by atoms with Crippen LogP contribution in [0.1, 0.15) is 32.3 Å². The van der Waals surface area contributed by atoms with Gasteiger partial charge in [0.2, 0.25) is 5.91 Å². The molecule has 0 aliphatic rings. The van der Waals surface area contributed by atoms with Gasteiger partial charge in [0.15, 0.2) is 0 Å². The van der Waals surface area contributed by atoms with Crippen LogP contribution in [-0.2, 0) is 9.59 Å². The number of rotatable bonds is 11. The molecule has 0 heterocycles. The second-order valence-corrected chi connectivity index (χ2v) is 12.0. The first-order valence-corrected chi connectivity index (χ1v) is 16.0. The number of ether oxygens (including phenoxy) is 1. The van der Waals surface area contributed by atoms with E-state index in [4.69, 9.17) is 16.3 Å². The van der Waals surface area contributed by atoms with Crippen LogP contribution in [0.2, 0.25) is 5.02 Å². The Bertz CT molecular complexity index is 1920. The van der Waals surface area contributed by atoms with Crippen molar-refractivity contribution in [3.63, 3.8) is 0 Å². The molecule has 0 aromatic heterocycles. The number of amides is 3. The number of thioether (sulfide) groups is 1. The van der Waals surface area contributed by atoms with Crippen LogP contribution in [0.4, 0.5) is 11.4 Å². The number of carbonyl (C=O) groups is 3. The molecule has 3 amide bonds. The quantitative estimate of drug-likeness (QED) is 0.0974. The molecular formula is C38H32ClN3O4S. The van der Waals surface area contributed by atoms with Gasteiger partial charge in [0.05, 0.1) is 7.11 Å². The van der Waals surface area contributed by atoms with Crippen molar-refractivity contribution in [1.82, 2.24) is 5.32 Å². The Kier molecular flexibility index (Phi) is 11.1. The molecule has 0 fully saturated rings. The van der Waals surface area contributed by atoms with Gasteiger partial charge < -0.3 is 20.7 Å². The van der Waals surface area contributed by atoms with Gasteiger partial charge in [-0.25, -0.2) is 0 Å². The number of hydrogen-bond donors (Lipinski definition) is 3. The fourth-order valence-corrected chi connectivity index (χ4v) is 5.97. The van der Waals surface area contributed by atoms with Gasteiger partial charge in [-0.3, -0.25) is 14.4 Å². The van der Waals surface area contributed by atoms with Crippen LogP contribution in [0.3, 0.4) is 0 Å². The SMILES string of the molecule is COc1ccccc1/C=C(/NC(=O)c1ccccc1)C(=O)Nc1cccc(SC(C(=O)Nc2cccc(Cl)c2C)c2ccccc2)c1. The van der Waals surface area contributed by atoms with Crippen molar-refractivity contribution < 1.29 is 19.1 Å². The van der Waals surface area contributed by atoms with Crippen LogP contribution in [-0.4, -0.2) is 24.8 Å². The van der Waals surface area contributed by atoms with Crippen molar-refractivity contribution in [2.45, 2.75) is 17.1 Å². The molecule has 0 spiro atoms. The van der Waals surface area contributed by atoms with Gasteiger partial charge in [0, 0.05) is 32.4 Å². The van der Waals surface area contributed by atoms with Crippen molar-refractivity contribution in [2.24, 2.45) is 0 Å². The summed E-state index contributed by atoms with van der Waals surface area (Å²) >= 11 is 7.65. The Labute approximate surface area is 283 Å². The number of benzene rings is 5. The van der Waals surface area contributed by atoms with E-state index in [1.807, 2.05) is 67.6 Å². The largest absolute Gasteiger partial charge is 0.496 e. The molecular weight excluding hydrogens is 630 g/mol. The zero-order valence-corrected chi connectivity index (χ0v) is 27.3. The van der Waals surface area contributed by atoms with Crippen molar-refractivity contribution >= 4 is 58.5 Å². The molecule has 47 heavy (non-hydrogen) atoms. The summed E-state index contributed by atoms with van der Waals surface area (Å²) in [7, 11) is 1.54. The van der Waals surface area contributed by atoms with E-state index in [9.17, 15) is 14.4 Å². The maximum atomic E-state index is 13.7. The molecule has 0 saturated carbocycles. The van der Waals surface area contributed by atoms with Gasteiger partial charge in [0.25, 0.3) is 11.8 Å². The van der Waals surface area contributed by atoms with E-state index in [1.165, 1.54) is 18.9 Å². The van der Waals surface area contributed by atoms with Crippen LogP contribution in [0.5, 0.6) is 5.75 Å². The van der Waals surface area contributed by atoms with E-state index in [1.54, 1.807) is 72.8 Å². The minimum atomic E-state index is -0.605. The van der Waals surface area contributed by atoms with Crippen molar-refractivity contribution in [2.75, 3.05) is 17.7 Å². The van der Waals surface area contributed by atoms with Crippen molar-refractivity contribution in [3.8, 4) is 5.75 Å². The summed E-state index contributed by atoms with van der Waals surface area (Å²) in [5, 5.41) is 8.64. The fraction of sp³-hybridized carbons (Fsp3) is 0.0789. The van der Waals surface area contributed by atoms with Crippen LogP contribution < -0.4 is 20.7 Å². The predicted molar refractivity (Wildman–Crippen MR) is 190 cm³/mol. The average molecular weight is 662 g/mol. The molecule has 236 valence electrons. The normalized spacial score (nSPS) is 11.7. The minimum absolute atomic E-state index is 0.0276. The summed E-state index contributed by atoms with van der Waals surface area (Å²) in [5.41, 5.74) is 3.76. The van der Waals surface area contributed by atoms with Crippen molar-refractivity contribution in [3.05, 3.63) is 160 Å². The molecule has 9 heteroatoms. The second-order valence-electron chi connectivity index (χ2n) is 10.4. The highest BCUT2D eigenvalue weighted by molar-refractivity contribution is 8.00. The van der Waals surface area contributed by atoms with Gasteiger partial charge in [0.1, 0.15) is 16.7 Å². The summed E-state index contributed by atoms with van der Waals surface area (Å²) in [6, 6.07) is 37.9. The number of para-hydroxylation sites is 1. The van der Waals surface area contributed by atoms with E-state index in [0.29, 0.717) is 33.3 Å². The Morgan fingerprint density at radius 1 is 0.787 bits per heavy atom. The van der Waals surface area contributed by atoms with E-state index in [2.05, 4.69) is 16.0 Å². The van der Waals surface area contributed by atoms with Crippen LogP contribution in [0.15, 0.2) is 138 Å². The van der Waals surface area contributed by atoms with Gasteiger partial charge in [-0.1, -0.05) is 90.5 Å². The lowest BCUT2D eigenvalue weighted by Gasteiger charge is -2.19. The number of anilines is 2. The zero-order chi connectivity index (χ0) is 33.2. The van der Waals surface area contributed by atoms with E-state index < -0.39 is 17.1 Å². The minimum Gasteiger partial charge on any atom is -0.496 e. The van der Waals surface area contributed by atoms with E-state index >= 15 is 0 Å². The number of methoxy groups -OCH3 is 1. The van der Waals surface area contributed by atoms with Gasteiger partial charge in [-0.05, 0) is 72.7 Å². The molecule has 0 radical (unpaired) electrons. The number of hydrogen-bond acceptors (Lipinski definition) is 5. The zero-order valence-electron chi connectivity index (χ0n) is 25.7. The molecule has 7 nitrogen and oxygen atoms in total. The average Bonchev–Trinajstić information content (AvgIpc) is 3.10. The Hall–Kier alpha value is -5.31. The molecule has 5 rings (SSSR count). The first-order chi connectivity index (χ1) is 22.8. The highest BCUT2D eigenvalue weighted by atomic mass is 35.5. The molecule has 1 unspecified atom stereocenters. The third-order valence-electron chi connectivity index (χ3n) is 7.18. The second kappa shape index (κ2) is 15.8. The lowest BCUT2D eigenvalue weighted by Crippen LogP contribution is -2.30. The fourth-order valence-electron chi connectivity index (χ4n) is 4.71. The third-order valence-corrected chi connectivity index (χ3v) is 8.84. The highest BCUT2D eigenvalue weighted by Gasteiger charge is 2.23. The molecule has 3 N–H and O–H groups in total. The van der Waals surface area contributed by atoms with E-state index in [-0.39, 0.29) is 11.6 Å². The first-order valence-electron chi connectivity index (χ1n) is 14.7. The first kappa shape index (κ1) is 33.1. The number of halogens is 1. The van der Waals surface area contributed by atoms with Gasteiger partial charge >= 0.3 is 0 Å². The summed E-state index contributed by atoms with van der Waals surface area (Å²) in [6.45, 7) is 1.85. The van der Waals surface area contributed by atoms with Crippen LogP contribution in [0.25, 0.3) is 6.08 Å². The number of nitrogens with one attached hydrogen (secondary N) is 3. The lowest BCUT2D eigenvalue weighted by molar-refractivity contribution is -0.116. The van der Waals surface area contributed by atoms with Crippen LogP contribution in [0, 0.1) is 6.92 Å².